The molecule has 1 fully saturated rings. The van der Waals surface area contributed by atoms with Gasteiger partial charge in [0.25, 0.3) is 11.8 Å². The molecule has 2 aliphatic heterocycles. The maximum Gasteiger partial charge on any atom is 0.268 e. The number of halogens is 1. The van der Waals surface area contributed by atoms with Crippen LogP contribution in [-0.2, 0) is 0 Å². The number of nitrogens with zero attached hydrogens (tertiary/aromatic N) is 4. The van der Waals surface area contributed by atoms with Crippen molar-refractivity contribution >= 4 is 34.7 Å². The van der Waals surface area contributed by atoms with Crippen LogP contribution >= 0.6 is 11.6 Å². The molecule has 9 nitrogen and oxygen atoms in total. The van der Waals surface area contributed by atoms with Gasteiger partial charge in [-0.3, -0.25) is 4.79 Å². The van der Waals surface area contributed by atoms with Gasteiger partial charge in [-0.1, -0.05) is 17.7 Å². The largest absolute Gasteiger partial charge is 0.483 e. The van der Waals surface area contributed by atoms with Crippen molar-refractivity contribution in [2.75, 3.05) is 55.4 Å². The van der Waals surface area contributed by atoms with Gasteiger partial charge in [-0.25, -0.2) is 4.98 Å². The number of benzene rings is 2. The summed E-state index contributed by atoms with van der Waals surface area (Å²) in [6.07, 6.45) is 1.39. The first-order chi connectivity index (χ1) is 17.0. The molecule has 5 rings (SSSR count). The van der Waals surface area contributed by atoms with Crippen LogP contribution in [0.1, 0.15) is 17.3 Å². The van der Waals surface area contributed by atoms with Crippen LogP contribution in [0.25, 0.3) is 0 Å². The number of rotatable bonds is 5. The number of carbonyl (C=O) groups is 1. The van der Waals surface area contributed by atoms with Crippen LogP contribution in [0.5, 0.6) is 17.4 Å². The predicted molar refractivity (Wildman–Crippen MR) is 136 cm³/mol. The van der Waals surface area contributed by atoms with Crippen LogP contribution in [-0.4, -0.2) is 66.7 Å². The fourth-order valence-corrected chi connectivity index (χ4v) is 4.18. The molecule has 1 amide bonds. The van der Waals surface area contributed by atoms with Crippen molar-refractivity contribution in [3.63, 3.8) is 0 Å². The zero-order valence-electron chi connectivity index (χ0n) is 19.6. The van der Waals surface area contributed by atoms with Crippen molar-refractivity contribution in [3.8, 4) is 17.4 Å². The number of piperazine rings is 1. The second-order valence-electron chi connectivity index (χ2n) is 8.75. The van der Waals surface area contributed by atoms with Gasteiger partial charge in [0.15, 0.2) is 5.82 Å². The van der Waals surface area contributed by atoms with Crippen LogP contribution in [0.2, 0.25) is 5.02 Å². The third-order valence-corrected chi connectivity index (χ3v) is 6.32. The highest BCUT2D eigenvalue weighted by atomic mass is 35.5. The third kappa shape index (κ3) is 5.26. The number of hydrogen-bond acceptors (Lipinski definition) is 8. The normalized spacial score (nSPS) is 17.7. The molecule has 2 N–H and O–H groups in total. The van der Waals surface area contributed by atoms with E-state index in [0.717, 1.165) is 37.6 Å². The second kappa shape index (κ2) is 9.97. The molecular formula is C25H27ClN6O3. The monoisotopic (exact) mass is 494 g/mol. The molecule has 3 aromatic rings. The van der Waals surface area contributed by atoms with Crippen molar-refractivity contribution < 1.29 is 14.3 Å². The van der Waals surface area contributed by atoms with E-state index in [9.17, 15) is 4.79 Å². The number of amides is 1. The maximum atomic E-state index is 13.0. The van der Waals surface area contributed by atoms with Gasteiger partial charge in [-0.2, -0.15) is 4.98 Å². The Morgan fingerprint density at radius 1 is 1.17 bits per heavy atom. The smallest absolute Gasteiger partial charge is 0.268 e. The lowest BCUT2D eigenvalue weighted by Gasteiger charge is -2.34. The molecule has 3 heterocycles. The minimum absolute atomic E-state index is 0.121. The molecule has 182 valence electrons. The first kappa shape index (κ1) is 23.2. The molecule has 2 aromatic carbocycles. The van der Waals surface area contributed by atoms with Gasteiger partial charge in [0.05, 0.1) is 11.1 Å². The Balaban J connectivity index is 1.32. The Morgan fingerprint density at radius 3 is 2.83 bits per heavy atom. The van der Waals surface area contributed by atoms with E-state index in [0.29, 0.717) is 34.5 Å². The fourth-order valence-electron chi connectivity index (χ4n) is 4.02. The van der Waals surface area contributed by atoms with Gasteiger partial charge in [-0.05, 0) is 50.4 Å². The molecule has 10 heteroatoms. The van der Waals surface area contributed by atoms with E-state index in [4.69, 9.17) is 21.1 Å². The number of hydrogen-bond donors (Lipinski definition) is 2. The highest BCUT2D eigenvalue weighted by Gasteiger charge is 2.23. The van der Waals surface area contributed by atoms with Crippen LogP contribution in [0.15, 0.2) is 48.8 Å². The molecule has 1 saturated heterocycles. The van der Waals surface area contributed by atoms with Gasteiger partial charge in [0, 0.05) is 43.1 Å². The van der Waals surface area contributed by atoms with E-state index in [2.05, 4.69) is 43.5 Å². The van der Waals surface area contributed by atoms with Gasteiger partial charge in [-0.15, -0.1) is 0 Å². The van der Waals surface area contributed by atoms with Gasteiger partial charge >= 0.3 is 0 Å². The SMILES string of the molecule is C[C@@H]1COc2c(ncnc2Oc2cc(C(=O)Nc3cccc(N4CCN(C)CC4)c3)ccc2Cl)N1. The van der Waals surface area contributed by atoms with Gasteiger partial charge in [0.1, 0.15) is 18.7 Å². The molecule has 0 radical (unpaired) electrons. The van der Waals surface area contributed by atoms with Crippen molar-refractivity contribution in [2.45, 2.75) is 13.0 Å². The molecule has 0 unspecified atom stereocenters. The van der Waals surface area contributed by atoms with Crippen molar-refractivity contribution in [1.82, 2.24) is 14.9 Å². The summed E-state index contributed by atoms with van der Waals surface area (Å²) >= 11 is 6.37. The van der Waals surface area contributed by atoms with Crippen LogP contribution in [0.4, 0.5) is 17.2 Å². The van der Waals surface area contributed by atoms with Crippen molar-refractivity contribution in [1.29, 1.82) is 0 Å². The number of likely N-dealkylation sites (N-methyl/N-ethyl adjacent to an activating group) is 1. The van der Waals surface area contributed by atoms with E-state index in [1.165, 1.54) is 6.33 Å². The van der Waals surface area contributed by atoms with Crippen molar-refractivity contribution in [3.05, 3.63) is 59.4 Å². The van der Waals surface area contributed by atoms with Crippen LogP contribution < -0.4 is 25.0 Å². The quantitative estimate of drug-likeness (QED) is 0.547. The molecule has 0 bridgehead atoms. The second-order valence-corrected chi connectivity index (χ2v) is 9.16. The summed E-state index contributed by atoms with van der Waals surface area (Å²) in [5, 5.41) is 6.56. The summed E-state index contributed by atoms with van der Waals surface area (Å²) in [6, 6.07) is 12.9. The Hall–Kier alpha value is -3.56. The van der Waals surface area contributed by atoms with Crippen molar-refractivity contribution in [2.24, 2.45) is 0 Å². The lowest BCUT2D eigenvalue weighted by molar-refractivity contribution is 0.102. The fraction of sp³-hybridized carbons (Fsp3) is 0.320. The van der Waals surface area contributed by atoms with Crippen LogP contribution in [0.3, 0.4) is 0 Å². The molecule has 35 heavy (non-hydrogen) atoms. The number of anilines is 3. The third-order valence-electron chi connectivity index (χ3n) is 6.00. The Morgan fingerprint density at radius 2 is 2.00 bits per heavy atom. The lowest BCUT2D eigenvalue weighted by atomic mass is 10.2. The standard InChI is InChI=1S/C25H27ClN6O3/c1-16-14-34-22-23(29-16)27-15-28-25(22)35-21-12-17(6-7-20(21)26)24(33)30-18-4-3-5-19(13-18)32-10-8-31(2)9-11-32/h3-7,12-13,15-16H,8-11,14H2,1-2H3,(H,30,33)(H,27,28,29)/t16-/m1/s1. The van der Waals surface area contributed by atoms with E-state index in [1.807, 2.05) is 25.1 Å². The first-order valence-corrected chi connectivity index (χ1v) is 11.9. The van der Waals surface area contributed by atoms with E-state index in [-0.39, 0.29) is 17.8 Å². The summed E-state index contributed by atoms with van der Waals surface area (Å²) in [4.78, 5) is 26.1. The highest BCUT2D eigenvalue weighted by Crippen LogP contribution is 2.39. The number of nitrogens with one attached hydrogen (secondary N) is 2. The minimum atomic E-state index is -0.265. The van der Waals surface area contributed by atoms with Gasteiger partial charge in [0.2, 0.25) is 5.75 Å². The Kier molecular flexibility index (Phi) is 6.61. The molecule has 1 atom stereocenters. The lowest BCUT2D eigenvalue weighted by Crippen LogP contribution is -2.44. The van der Waals surface area contributed by atoms with E-state index >= 15 is 0 Å². The average molecular weight is 495 g/mol. The van der Waals surface area contributed by atoms with E-state index < -0.39 is 0 Å². The number of carbonyl (C=O) groups excluding carboxylic acids is 1. The Labute approximate surface area is 209 Å². The molecule has 0 saturated carbocycles. The van der Waals surface area contributed by atoms with E-state index in [1.54, 1.807) is 18.2 Å². The number of aromatic nitrogens is 2. The Bertz CT molecular complexity index is 1230. The molecule has 1 aromatic heterocycles. The predicted octanol–water partition coefficient (Wildman–Crippen LogP) is 4.12. The zero-order chi connectivity index (χ0) is 24.4. The summed E-state index contributed by atoms with van der Waals surface area (Å²) in [7, 11) is 2.13. The molecular weight excluding hydrogens is 468 g/mol. The first-order valence-electron chi connectivity index (χ1n) is 11.5. The molecule has 0 aliphatic carbocycles. The molecule has 2 aliphatic rings. The molecule has 0 spiro atoms. The topological polar surface area (TPSA) is 91.8 Å². The number of fused-ring (bicyclic) bond motifs is 1. The van der Waals surface area contributed by atoms with Gasteiger partial charge < -0.3 is 29.9 Å². The van der Waals surface area contributed by atoms with Crippen LogP contribution in [0, 0.1) is 0 Å². The number of ether oxygens (including phenoxy) is 2. The minimum Gasteiger partial charge on any atom is -0.483 e. The summed E-state index contributed by atoms with van der Waals surface area (Å²) in [5.74, 6) is 1.23. The highest BCUT2D eigenvalue weighted by molar-refractivity contribution is 6.32. The summed E-state index contributed by atoms with van der Waals surface area (Å²) in [5.41, 5.74) is 2.22. The summed E-state index contributed by atoms with van der Waals surface area (Å²) in [6.45, 7) is 6.39. The summed E-state index contributed by atoms with van der Waals surface area (Å²) < 4.78 is 11.7. The average Bonchev–Trinajstić information content (AvgIpc) is 2.86. The maximum absolute atomic E-state index is 13.0. The zero-order valence-corrected chi connectivity index (χ0v) is 20.4.